The third kappa shape index (κ3) is 5.56. The summed E-state index contributed by atoms with van der Waals surface area (Å²) < 4.78 is 56.1. The first-order valence-corrected chi connectivity index (χ1v) is 14.3. The molecule has 0 unspecified atom stereocenters. The summed E-state index contributed by atoms with van der Waals surface area (Å²) in [6.45, 7) is 4.34. The van der Waals surface area contributed by atoms with Gasteiger partial charge in [-0.1, -0.05) is 38.0 Å². The van der Waals surface area contributed by atoms with Crippen molar-refractivity contribution >= 4 is 0 Å². The zero-order valence-electron chi connectivity index (χ0n) is 22.1. The van der Waals surface area contributed by atoms with Gasteiger partial charge in [-0.15, -0.1) is 0 Å². The molecule has 2 saturated carbocycles. The molecule has 0 atom stereocenters. The highest BCUT2D eigenvalue weighted by Gasteiger charge is 2.32. The monoisotopic (exact) mass is 512 g/mol. The van der Waals surface area contributed by atoms with Gasteiger partial charge in [-0.25, -0.2) is 4.39 Å². The number of rotatable bonds is 7. The molecule has 37 heavy (non-hydrogen) atoms. The van der Waals surface area contributed by atoms with Crippen LogP contribution >= 0.6 is 0 Å². The molecule has 0 aromatic heterocycles. The van der Waals surface area contributed by atoms with E-state index >= 15 is 8.78 Å². The Balaban J connectivity index is 1.23. The van der Waals surface area contributed by atoms with E-state index in [4.69, 9.17) is 9.47 Å². The Morgan fingerprint density at radius 2 is 1.46 bits per heavy atom. The third-order valence-electron chi connectivity index (χ3n) is 8.75. The molecule has 0 amide bonds. The lowest BCUT2D eigenvalue weighted by Gasteiger charge is -2.30. The van der Waals surface area contributed by atoms with Crippen LogP contribution in [0.5, 0.6) is 17.2 Å². The van der Waals surface area contributed by atoms with Gasteiger partial charge < -0.3 is 9.47 Å². The Kier molecular flexibility index (Phi) is 8.16. The summed E-state index contributed by atoms with van der Waals surface area (Å²) in [7, 11) is 0. The molecule has 2 nitrogen and oxygen atoms in total. The van der Waals surface area contributed by atoms with Crippen molar-refractivity contribution in [3.63, 3.8) is 0 Å². The lowest BCUT2D eigenvalue weighted by Crippen LogP contribution is -2.16. The molecule has 5 heteroatoms. The minimum atomic E-state index is -1.01. The van der Waals surface area contributed by atoms with Crippen LogP contribution < -0.4 is 9.47 Å². The molecule has 2 fully saturated rings. The highest BCUT2D eigenvalue weighted by atomic mass is 19.2. The normalized spacial score (nSPS) is 25.4. The standard InChI is InChI=1S/C32H39F3O2/c1-3-5-20-6-8-21(9-7-20)10-11-22-12-14-23(15-13-22)26-19-25-18-24-16-17-27(36-4-2)29(34)31(24)37-32(25)30(35)28(26)33/h10-11,16-17,19-23H,3-9,12-15,18H2,1-2H3/b11-10+. The van der Waals surface area contributed by atoms with Crippen molar-refractivity contribution < 1.29 is 22.6 Å². The summed E-state index contributed by atoms with van der Waals surface area (Å²) in [5.41, 5.74) is 1.63. The molecule has 200 valence electrons. The van der Waals surface area contributed by atoms with Crippen LogP contribution in [0.4, 0.5) is 13.2 Å². The number of allylic oxidation sites excluding steroid dienone is 2. The summed E-state index contributed by atoms with van der Waals surface area (Å²) in [6.07, 6.45) is 16.8. The van der Waals surface area contributed by atoms with E-state index < -0.39 is 17.5 Å². The topological polar surface area (TPSA) is 18.5 Å². The van der Waals surface area contributed by atoms with E-state index in [1.54, 1.807) is 25.1 Å². The van der Waals surface area contributed by atoms with E-state index in [2.05, 4.69) is 19.1 Å². The predicted octanol–water partition coefficient (Wildman–Crippen LogP) is 9.64. The first-order valence-electron chi connectivity index (χ1n) is 14.3. The average molecular weight is 513 g/mol. The number of hydrogen-bond donors (Lipinski definition) is 0. The number of benzene rings is 2. The molecule has 1 aliphatic heterocycles. The lowest BCUT2D eigenvalue weighted by molar-refractivity contribution is 0.292. The minimum absolute atomic E-state index is 0.00704. The summed E-state index contributed by atoms with van der Waals surface area (Å²) in [5, 5.41) is 0. The average Bonchev–Trinajstić information content (AvgIpc) is 2.92. The van der Waals surface area contributed by atoms with Gasteiger partial charge in [0.05, 0.1) is 6.61 Å². The van der Waals surface area contributed by atoms with E-state index in [0.717, 1.165) is 31.6 Å². The van der Waals surface area contributed by atoms with Gasteiger partial charge in [-0.3, -0.25) is 0 Å². The minimum Gasteiger partial charge on any atom is -0.491 e. The molecule has 3 aliphatic rings. The molecule has 1 heterocycles. The molecular formula is C32H39F3O2. The van der Waals surface area contributed by atoms with Crippen LogP contribution in [0.1, 0.15) is 101 Å². The molecular weight excluding hydrogens is 473 g/mol. The van der Waals surface area contributed by atoms with Crippen molar-refractivity contribution in [1.29, 1.82) is 0 Å². The Bertz CT molecular complexity index is 1130. The number of ether oxygens (including phenoxy) is 2. The van der Waals surface area contributed by atoms with Gasteiger partial charge in [0.2, 0.25) is 11.6 Å². The van der Waals surface area contributed by atoms with Crippen molar-refractivity contribution in [1.82, 2.24) is 0 Å². The molecule has 0 N–H and O–H groups in total. The number of fused-ring (bicyclic) bond motifs is 2. The van der Waals surface area contributed by atoms with Gasteiger partial charge in [0, 0.05) is 17.5 Å². The Labute approximate surface area is 219 Å². The van der Waals surface area contributed by atoms with Crippen LogP contribution in [-0.2, 0) is 6.42 Å². The van der Waals surface area contributed by atoms with E-state index in [0.29, 0.717) is 41.6 Å². The van der Waals surface area contributed by atoms with E-state index in [9.17, 15) is 4.39 Å². The zero-order chi connectivity index (χ0) is 25.9. The van der Waals surface area contributed by atoms with Gasteiger partial charge >= 0.3 is 0 Å². The maximum Gasteiger partial charge on any atom is 0.207 e. The van der Waals surface area contributed by atoms with Gasteiger partial charge in [0.1, 0.15) is 0 Å². The van der Waals surface area contributed by atoms with Crippen LogP contribution in [0.25, 0.3) is 0 Å². The fourth-order valence-electron chi connectivity index (χ4n) is 6.64. The van der Waals surface area contributed by atoms with Crippen molar-refractivity contribution in [2.45, 2.75) is 90.4 Å². The van der Waals surface area contributed by atoms with Crippen LogP contribution in [0.3, 0.4) is 0 Å². The quantitative estimate of drug-likeness (QED) is 0.293. The highest BCUT2D eigenvalue weighted by Crippen LogP contribution is 2.46. The molecule has 2 aliphatic carbocycles. The third-order valence-corrected chi connectivity index (χ3v) is 8.75. The molecule has 5 rings (SSSR count). The van der Waals surface area contributed by atoms with Crippen molar-refractivity contribution in [2.75, 3.05) is 6.61 Å². The van der Waals surface area contributed by atoms with Crippen LogP contribution in [0.2, 0.25) is 0 Å². The second-order valence-corrected chi connectivity index (χ2v) is 11.2. The zero-order valence-corrected chi connectivity index (χ0v) is 22.1. The summed E-state index contributed by atoms with van der Waals surface area (Å²) in [4.78, 5) is 0. The highest BCUT2D eigenvalue weighted by molar-refractivity contribution is 5.55. The molecule has 2 aromatic carbocycles. The summed E-state index contributed by atoms with van der Waals surface area (Å²) in [5.74, 6) is -0.627. The molecule has 0 spiro atoms. The fourth-order valence-corrected chi connectivity index (χ4v) is 6.64. The van der Waals surface area contributed by atoms with Crippen LogP contribution in [0.15, 0.2) is 30.4 Å². The smallest absolute Gasteiger partial charge is 0.207 e. The van der Waals surface area contributed by atoms with Gasteiger partial charge in [-0.05, 0) is 99.7 Å². The molecule has 0 radical (unpaired) electrons. The van der Waals surface area contributed by atoms with Crippen LogP contribution in [-0.4, -0.2) is 6.61 Å². The molecule has 2 aromatic rings. The van der Waals surface area contributed by atoms with E-state index in [1.165, 1.54) is 38.5 Å². The SMILES string of the molecule is CCCC1CCC(/C=C/C2CCC(c3cc4c(c(F)c3F)Oc3c(ccc(OCC)c3F)C4)CC2)CC1. The Hall–Kier alpha value is -2.43. The molecule has 0 bridgehead atoms. The van der Waals surface area contributed by atoms with Gasteiger partial charge in [0.15, 0.2) is 23.1 Å². The Morgan fingerprint density at radius 1 is 0.811 bits per heavy atom. The van der Waals surface area contributed by atoms with Gasteiger partial charge in [0.25, 0.3) is 0 Å². The van der Waals surface area contributed by atoms with Crippen LogP contribution in [0, 0.1) is 35.2 Å². The number of hydrogen-bond acceptors (Lipinski definition) is 2. The van der Waals surface area contributed by atoms with Crippen molar-refractivity contribution in [3.05, 3.63) is 64.5 Å². The van der Waals surface area contributed by atoms with Crippen molar-refractivity contribution in [3.8, 4) is 17.2 Å². The lowest BCUT2D eigenvalue weighted by atomic mass is 9.76. The second kappa shape index (κ2) is 11.5. The second-order valence-electron chi connectivity index (χ2n) is 11.2. The van der Waals surface area contributed by atoms with E-state index in [-0.39, 0.29) is 23.2 Å². The maximum absolute atomic E-state index is 15.2. The van der Waals surface area contributed by atoms with Crippen molar-refractivity contribution in [2.24, 2.45) is 17.8 Å². The molecule has 0 saturated heterocycles. The maximum atomic E-state index is 15.2. The summed E-state index contributed by atoms with van der Waals surface area (Å²) >= 11 is 0. The first kappa shape index (κ1) is 26.2. The summed E-state index contributed by atoms with van der Waals surface area (Å²) in [6, 6.07) is 5.06. The largest absolute Gasteiger partial charge is 0.491 e. The van der Waals surface area contributed by atoms with E-state index in [1.807, 2.05) is 0 Å². The number of halogens is 3. The predicted molar refractivity (Wildman–Crippen MR) is 141 cm³/mol. The first-order chi connectivity index (χ1) is 18.0. The Morgan fingerprint density at radius 3 is 2.11 bits per heavy atom. The van der Waals surface area contributed by atoms with Gasteiger partial charge in [-0.2, -0.15) is 8.78 Å². The fraction of sp³-hybridized carbons (Fsp3) is 0.562.